The van der Waals surface area contributed by atoms with Crippen molar-refractivity contribution in [2.45, 2.75) is 39.2 Å². The number of carbonyl (C=O) groups excluding carboxylic acids is 1. The molecule has 1 rings (SSSR count). The van der Waals surface area contributed by atoms with Gasteiger partial charge in [-0.2, -0.15) is 0 Å². The van der Waals surface area contributed by atoms with Crippen LogP contribution in [0, 0.1) is 5.92 Å². The highest BCUT2D eigenvalue weighted by Crippen LogP contribution is 2.21. The van der Waals surface area contributed by atoms with Gasteiger partial charge in [0.25, 0.3) is 0 Å². The minimum atomic E-state index is 0.247. The SMILES string of the molecule is CCN1CCC(N(C)C(=O)CCCN)C(C)C1. The van der Waals surface area contributed by atoms with Gasteiger partial charge in [-0.15, -0.1) is 0 Å². The Morgan fingerprint density at radius 1 is 1.53 bits per heavy atom. The van der Waals surface area contributed by atoms with E-state index in [4.69, 9.17) is 5.73 Å². The Balaban J connectivity index is 2.46. The van der Waals surface area contributed by atoms with Crippen molar-refractivity contribution in [3.8, 4) is 0 Å². The quantitative estimate of drug-likeness (QED) is 0.778. The molecule has 4 heteroatoms. The number of nitrogens with zero attached hydrogens (tertiary/aromatic N) is 2. The molecular formula is C13H27N3O. The van der Waals surface area contributed by atoms with Crippen molar-refractivity contribution in [1.82, 2.24) is 9.80 Å². The summed E-state index contributed by atoms with van der Waals surface area (Å²) in [7, 11) is 1.95. The molecule has 0 aromatic heterocycles. The molecule has 1 aliphatic heterocycles. The van der Waals surface area contributed by atoms with Gasteiger partial charge in [0.1, 0.15) is 0 Å². The average molecular weight is 241 g/mol. The third-order valence-corrected chi connectivity index (χ3v) is 3.88. The smallest absolute Gasteiger partial charge is 0.222 e. The summed E-state index contributed by atoms with van der Waals surface area (Å²) in [4.78, 5) is 16.4. The lowest BCUT2D eigenvalue weighted by molar-refractivity contribution is -0.134. The van der Waals surface area contributed by atoms with E-state index < -0.39 is 0 Å². The first-order valence-electron chi connectivity index (χ1n) is 6.78. The Labute approximate surface area is 105 Å². The van der Waals surface area contributed by atoms with E-state index in [2.05, 4.69) is 18.7 Å². The summed E-state index contributed by atoms with van der Waals surface area (Å²) in [5, 5.41) is 0. The van der Waals surface area contributed by atoms with Crippen molar-refractivity contribution in [1.29, 1.82) is 0 Å². The Hall–Kier alpha value is -0.610. The maximum absolute atomic E-state index is 12.0. The minimum absolute atomic E-state index is 0.247. The third kappa shape index (κ3) is 3.96. The first kappa shape index (κ1) is 14.5. The molecule has 1 fully saturated rings. The fourth-order valence-corrected chi connectivity index (χ4v) is 2.70. The molecule has 1 aliphatic rings. The van der Waals surface area contributed by atoms with Gasteiger partial charge in [-0.3, -0.25) is 4.79 Å². The van der Waals surface area contributed by atoms with Crippen LogP contribution in [0.15, 0.2) is 0 Å². The normalized spacial score (nSPS) is 25.9. The lowest BCUT2D eigenvalue weighted by atomic mass is 9.92. The van der Waals surface area contributed by atoms with Crippen LogP contribution >= 0.6 is 0 Å². The van der Waals surface area contributed by atoms with Crippen molar-refractivity contribution in [2.24, 2.45) is 11.7 Å². The molecule has 1 amide bonds. The summed E-state index contributed by atoms with van der Waals surface area (Å²) in [6.45, 7) is 8.38. The molecule has 2 N–H and O–H groups in total. The second-order valence-electron chi connectivity index (χ2n) is 5.12. The maximum atomic E-state index is 12.0. The monoisotopic (exact) mass is 241 g/mol. The maximum Gasteiger partial charge on any atom is 0.222 e. The van der Waals surface area contributed by atoms with Crippen LogP contribution in [0.2, 0.25) is 0 Å². The van der Waals surface area contributed by atoms with Crippen molar-refractivity contribution in [3.63, 3.8) is 0 Å². The zero-order valence-corrected chi connectivity index (χ0v) is 11.5. The summed E-state index contributed by atoms with van der Waals surface area (Å²) in [6.07, 6.45) is 2.49. The van der Waals surface area contributed by atoms with Crippen LogP contribution in [0.5, 0.6) is 0 Å². The van der Waals surface area contributed by atoms with E-state index in [0.717, 1.165) is 32.5 Å². The number of nitrogens with two attached hydrogens (primary N) is 1. The zero-order chi connectivity index (χ0) is 12.8. The highest BCUT2D eigenvalue weighted by Gasteiger charge is 2.30. The average Bonchev–Trinajstić information content (AvgIpc) is 2.34. The fourth-order valence-electron chi connectivity index (χ4n) is 2.70. The van der Waals surface area contributed by atoms with E-state index in [9.17, 15) is 4.79 Å². The molecule has 2 atom stereocenters. The standard InChI is InChI=1S/C13H27N3O/c1-4-16-9-7-12(11(2)10-16)15(3)13(17)6-5-8-14/h11-12H,4-10,14H2,1-3H3. The van der Waals surface area contributed by atoms with Gasteiger partial charge in [0.05, 0.1) is 0 Å². The van der Waals surface area contributed by atoms with Crippen LogP contribution in [-0.4, -0.2) is 55.0 Å². The van der Waals surface area contributed by atoms with E-state index in [1.807, 2.05) is 11.9 Å². The predicted octanol–water partition coefficient (Wildman–Crippen LogP) is 0.914. The Morgan fingerprint density at radius 3 is 2.76 bits per heavy atom. The third-order valence-electron chi connectivity index (χ3n) is 3.88. The van der Waals surface area contributed by atoms with Crippen LogP contribution in [0.1, 0.15) is 33.1 Å². The molecule has 1 heterocycles. The lowest BCUT2D eigenvalue weighted by Gasteiger charge is -2.41. The molecular weight excluding hydrogens is 214 g/mol. The molecule has 0 aromatic rings. The molecule has 2 unspecified atom stereocenters. The molecule has 1 saturated heterocycles. The molecule has 0 bridgehead atoms. The molecule has 100 valence electrons. The second-order valence-corrected chi connectivity index (χ2v) is 5.12. The van der Waals surface area contributed by atoms with Gasteiger partial charge in [-0.1, -0.05) is 13.8 Å². The number of hydrogen-bond acceptors (Lipinski definition) is 3. The van der Waals surface area contributed by atoms with Gasteiger partial charge >= 0.3 is 0 Å². The van der Waals surface area contributed by atoms with Crippen LogP contribution in [-0.2, 0) is 4.79 Å². The van der Waals surface area contributed by atoms with Crippen LogP contribution < -0.4 is 5.73 Å². The van der Waals surface area contributed by atoms with Crippen molar-refractivity contribution < 1.29 is 4.79 Å². The molecule has 0 aromatic carbocycles. The first-order chi connectivity index (χ1) is 8.10. The number of carbonyl (C=O) groups is 1. The van der Waals surface area contributed by atoms with E-state index in [-0.39, 0.29) is 5.91 Å². The number of rotatable bonds is 5. The van der Waals surface area contributed by atoms with Gasteiger partial charge in [-0.05, 0) is 31.8 Å². The topological polar surface area (TPSA) is 49.6 Å². The fraction of sp³-hybridized carbons (Fsp3) is 0.923. The summed E-state index contributed by atoms with van der Waals surface area (Å²) < 4.78 is 0. The largest absolute Gasteiger partial charge is 0.342 e. The summed E-state index contributed by atoms with van der Waals surface area (Å²) in [5.74, 6) is 0.813. The van der Waals surface area contributed by atoms with Crippen LogP contribution in [0.25, 0.3) is 0 Å². The highest BCUT2D eigenvalue weighted by atomic mass is 16.2. The summed E-state index contributed by atoms with van der Waals surface area (Å²) in [5.41, 5.74) is 5.44. The van der Waals surface area contributed by atoms with Crippen molar-refractivity contribution in [2.75, 3.05) is 33.2 Å². The molecule has 17 heavy (non-hydrogen) atoms. The Bertz CT molecular complexity index is 245. The van der Waals surface area contributed by atoms with Crippen molar-refractivity contribution in [3.05, 3.63) is 0 Å². The van der Waals surface area contributed by atoms with Crippen LogP contribution in [0.3, 0.4) is 0 Å². The number of hydrogen-bond donors (Lipinski definition) is 1. The highest BCUT2D eigenvalue weighted by molar-refractivity contribution is 5.76. The zero-order valence-electron chi connectivity index (χ0n) is 11.5. The molecule has 0 spiro atoms. The summed E-state index contributed by atoms with van der Waals surface area (Å²) in [6, 6.07) is 0.406. The first-order valence-corrected chi connectivity index (χ1v) is 6.78. The lowest BCUT2D eigenvalue weighted by Crippen LogP contribution is -2.50. The molecule has 0 radical (unpaired) electrons. The van der Waals surface area contributed by atoms with E-state index in [1.165, 1.54) is 0 Å². The molecule has 0 saturated carbocycles. The Kier molecular flexibility index (Phi) is 5.92. The van der Waals surface area contributed by atoms with Crippen molar-refractivity contribution >= 4 is 5.91 Å². The number of likely N-dealkylation sites (tertiary alicyclic amines) is 1. The number of piperidine rings is 1. The molecule has 4 nitrogen and oxygen atoms in total. The predicted molar refractivity (Wildman–Crippen MR) is 70.7 cm³/mol. The van der Waals surface area contributed by atoms with E-state index in [1.54, 1.807) is 0 Å². The molecule has 0 aliphatic carbocycles. The Morgan fingerprint density at radius 2 is 2.24 bits per heavy atom. The van der Waals surface area contributed by atoms with Crippen LogP contribution in [0.4, 0.5) is 0 Å². The van der Waals surface area contributed by atoms with Gasteiger partial charge in [0.2, 0.25) is 5.91 Å². The summed E-state index contributed by atoms with van der Waals surface area (Å²) >= 11 is 0. The van der Waals surface area contributed by atoms with E-state index in [0.29, 0.717) is 24.9 Å². The second kappa shape index (κ2) is 6.97. The number of amides is 1. The van der Waals surface area contributed by atoms with Gasteiger partial charge in [0, 0.05) is 32.6 Å². The van der Waals surface area contributed by atoms with Gasteiger partial charge in [0.15, 0.2) is 0 Å². The van der Waals surface area contributed by atoms with E-state index >= 15 is 0 Å². The van der Waals surface area contributed by atoms with Gasteiger partial charge in [-0.25, -0.2) is 0 Å². The minimum Gasteiger partial charge on any atom is -0.342 e. The van der Waals surface area contributed by atoms with Gasteiger partial charge < -0.3 is 15.5 Å².